The van der Waals surface area contributed by atoms with Gasteiger partial charge in [-0.25, -0.2) is 0 Å². The Bertz CT molecular complexity index is 322. The predicted octanol–water partition coefficient (Wildman–Crippen LogP) is 5.01. The van der Waals surface area contributed by atoms with Gasteiger partial charge in [0, 0.05) is 0 Å². The molecule has 0 aliphatic heterocycles. The Labute approximate surface area is 128 Å². The summed E-state index contributed by atoms with van der Waals surface area (Å²) in [5.74, 6) is 0. The maximum Gasteiger partial charge on any atom is -0.00258 e. The molecule has 0 fully saturated rings. The molecule has 0 spiro atoms. The second-order valence-electron chi connectivity index (χ2n) is 3.15. The lowest BCUT2D eigenvalue weighted by Crippen LogP contribution is -1.85. The van der Waals surface area contributed by atoms with Gasteiger partial charge in [-0.3, -0.25) is 0 Å². The molecule has 2 rings (SSSR count). The Morgan fingerprint density at radius 3 is 1.12 bits per heavy atom. The van der Waals surface area contributed by atoms with Crippen molar-refractivity contribution in [2.24, 2.45) is 0 Å². The van der Waals surface area contributed by atoms with Crippen LogP contribution in [0.15, 0.2) is 60.7 Å². The average molecular weight is 411 g/mol. The van der Waals surface area contributed by atoms with E-state index in [0.29, 0.717) is 0 Å². The molecule has 88 valence electrons. The van der Waals surface area contributed by atoms with Gasteiger partial charge in [0.1, 0.15) is 0 Å². The first kappa shape index (κ1) is 18.3. The van der Waals surface area contributed by atoms with Crippen LogP contribution in [0.5, 0.6) is 0 Å². The van der Waals surface area contributed by atoms with Crippen LogP contribution in [0.2, 0.25) is 0 Å². The van der Waals surface area contributed by atoms with E-state index in [0.717, 1.165) is 6.42 Å². The molecular formula is C13H15Br3. The zero-order chi connectivity index (χ0) is 8.93. The molecule has 0 bridgehead atoms. The van der Waals surface area contributed by atoms with E-state index in [9.17, 15) is 0 Å². The van der Waals surface area contributed by atoms with Crippen molar-refractivity contribution in [2.45, 2.75) is 6.42 Å². The maximum atomic E-state index is 2.16. The Morgan fingerprint density at radius 2 is 0.812 bits per heavy atom. The van der Waals surface area contributed by atoms with Gasteiger partial charge in [-0.1, -0.05) is 60.7 Å². The number of halogens is 3. The second kappa shape index (κ2) is 10.1. The summed E-state index contributed by atoms with van der Waals surface area (Å²) in [6.45, 7) is 0. The Hall–Kier alpha value is -0.120. The Kier molecular flexibility index (Phi) is 11.5. The zero-order valence-corrected chi connectivity index (χ0v) is 13.8. The normalized spacial score (nSPS) is 8.00. The molecule has 0 aliphatic carbocycles. The summed E-state index contributed by atoms with van der Waals surface area (Å²) in [5.41, 5.74) is 2.74. The lowest BCUT2D eigenvalue weighted by Gasteiger charge is -2.00. The third-order valence-corrected chi connectivity index (χ3v) is 2.09. The summed E-state index contributed by atoms with van der Waals surface area (Å²) in [4.78, 5) is 0. The van der Waals surface area contributed by atoms with Crippen LogP contribution in [0.3, 0.4) is 0 Å². The lowest BCUT2D eigenvalue weighted by atomic mass is 10.1. The van der Waals surface area contributed by atoms with Crippen LogP contribution in [0.25, 0.3) is 0 Å². The molecule has 0 aliphatic rings. The number of benzene rings is 2. The van der Waals surface area contributed by atoms with Gasteiger partial charge in [0.2, 0.25) is 0 Å². The van der Waals surface area contributed by atoms with Crippen molar-refractivity contribution < 1.29 is 0 Å². The predicted molar refractivity (Wildman–Crippen MR) is 86.7 cm³/mol. The smallest absolute Gasteiger partial charge is 0.00258 e. The van der Waals surface area contributed by atoms with Gasteiger partial charge in [-0.05, 0) is 17.5 Å². The highest BCUT2D eigenvalue weighted by Gasteiger charge is 1.92. The van der Waals surface area contributed by atoms with Crippen LogP contribution < -0.4 is 0 Å². The van der Waals surface area contributed by atoms with Gasteiger partial charge in [0.25, 0.3) is 0 Å². The minimum Gasteiger partial charge on any atom is -0.114 e. The number of hydrogen-bond acceptors (Lipinski definition) is 0. The van der Waals surface area contributed by atoms with Crippen LogP contribution in [0.4, 0.5) is 0 Å². The molecule has 0 heterocycles. The zero-order valence-electron chi connectivity index (χ0n) is 8.71. The summed E-state index contributed by atoms with van der Waals surface area (Å²) in [5, 5.41) is 0. The third-order valence-electron chi connectivity index (χ3n) is 2.09. The van der Waals surface area contributed by atoms with Crippen LogP contribution in [0, 0.1) is 0 Å². The molecule has 0 N–H and O–H groups in total. The fourth-order valence-electron chi connectivity index (χ4n) is 1.43. The molecule has 0 atom stereocenters. The van der Waals surface area contributed by atoms with E-state index in [1.54, 1.807) is 0 Å². The van der Waals surface area contributed by atoms with Crippen molar-refractivity contribution in [3.63, 3.8) is 0 Å². The SMILES string of the molecule is Br.Br.Br.c1ccc(Cc2ccccc2)cc1. The molecule has 0 amide bonds. The van der Waals surface area contributed by atoms with Crippen molar-refractivity contribution >= 4 is 50.9 Å². The second-order valence-corrected chi connectivity index (χ2v) is 3.15. The van der Waals surface area contributed by atoms with E-state index < -0.39 is 0 Å². The molecule has 16 heavy (non-hydrogen) atoms. The number of rotatable bonds is 2. The maximum absolute atomic E-state index is 2.16. The first-order chi connectivity index (χ1) is 6.45. The minimum absolute atomic E-state index is 0. The Balaban J connectivity index is 0. The summed E-state index contributed by atoms with van der Waals surface area (Å²) >= 11 is 0. The molecule has 0 nitrogen and oxygen atoms in total. The number of hydrogen-bond donors (Lipinski definition) is 0. The molecule has 0 saturated heterocycles. The van der Waals surface area contributed by atoms with Crippen LogP contribution in [-0.4, -0.2) is 0 Å². The first-order valence-corrected chi connectivity index (χ1v) is 4.53. The molecule has 2 aromatic carbocycles. The highest BCUT2D eigenvalue weighted by atomic mass is 79.9. The van der Waals surface area contributed by atoms with Crippen molar-refractivity contribution in [1.82, 2.24) is 0 Å². The van der Waals surface area contributed by atoms with E-state index in [2.05, 4.69) is 60.7 Å². The summed E-state index contributed by atoms with van der Waals surface area (Å²) in [7, 11) is 0. The molecule has 0 aromatic heterocycles. The molecule has 0 radical (unpaired) electrons. The fraction of sp³-hybridized carbons (Fsp3) is 0.0769. The van der Waals surface area contributed by atoms with Crippen LogP contribution >= 0.6 is 50.9 Å². The molecule has 0 unspecified atom stereocenters. The van der Waals surface area contributed by atoms with E-state index in [1.807, 2.05) is 0 Å². The highest BCUT2D eigenvalue weighted by Crippen LogP contribution is 2.07. The van der Waals surface area contributed by atoms with Crippen molar-refractivity contribution in [2.75, 3.05) is 0 Å². The van der Waals surface area contributed by atoms with Crippen LogP contribution in [-0.2, 0) is 6.42 Å². The van der Waals surface area contributed by atoms with Gasteiger partial charge in [0.15, 0.2) is 0 Å². The van der Waals surface area contributed by atoms with Crippen molar-refractivity contribution in [3.8, 4) is 0 Å². The molecule has 2 aromatic rings. The molecule has 3 heteroatoms. The van der Waals surface area contributed by atoms with Gasteiger partial charge >= 0.3 is 0 Å². The van der Waals surface area contributed by atoms with Crippen LogP contribution in [0.1, 0.15) is 11.1 Å². The standard InChI is InChI=1S/C13H12.3BrH/c1-3-7-12(8-4-1)11-13-9-5-2-6-10-13;;;/h1-10H,11H2;3*1H. The monoisotopic (exact) mass is 408 g/mol. The lowest BCUT2D eigenvalue weighted by molar-refractivity contribution is 1.19. The van der Waals surface area contributed by atoms with E-state index >= 15 is 0 Å². The fourth-order valence-corrected chi connectivity index (χ4v) is 1.43. The largest absolute Gasteiger partial charge is 0.114 e. The van der Waals surface area contributed by atoms with Gasteiger partial charge in [-0.15, -0.1) is 50.9 Å². The van der Waals surface area contributed by atoms with Crippen molar-refractivity contribution in [3.05, 3.63) is 71.8 Å². The highest BCUT2D eigenvalue weighted by molar-refractivity contribution is 8.93. The van der Waals surface area contributed by atoms with E-state index in [-0.39, 0.29) is 50.9 Å². The topological polar surface area (TPSA) is 0 Å². The summed E-state index contributed by atoms with van der Waals surface area (Å²) < 4.78 is 0. The Morgan fingerprint density at radius 1 is 0.500 bits per heavy atom. The average Bonchev–Trinajstić information content (AvgIpc) is 2.21. The molecule has 0 saturated carbocycles. The summed E-state index contributed by atoms with van der Waals surface area (Å²) in [6, 6.07) is 21.1. The third kappa shape index (κ3) is 5.83. The van der Waals surface area contributed by atoms with Crippen molar-refractivity contribution in [1.29, 1.82) is 0 Å². The molecular weight excluding hydrogens is 396 g/mol. The minimum atomic E-state index is 0. The summed E-state index contributed by atoms with van der Waals surface area (Å²) in [6.07, 6.45) is 1.03. The van der Waals surface area contributed by atoms with E-state index in [4.69, 9.17) is 0 Å². The van der Waals surface area contributed by atoms with Gasteiger partial charge in [-0.2, -0.15) is 0 Å². The van der Waals surface area contributed by atoms with Gasteiger partial charge in [0.05, 0.1) is 0 Å². The first-order valence-electron chi connectivity index (χ1n) is 4.53. The van der Waals surface area contributed by atoms with E-state index in [1.165, 1.54) is 11.1 Å². The van der Waals surface area contributed by atoms with Gasteiger partial charge < -0.3 is 0 Å². The quantitative estimate of drug-likeness (QED) is 0.652.